The van der Waals surface area contributed by atoms with Crippen LogP contribution < -0.4 is 14.4 Å². The fraction of sp³-hybridized carbons (Fsp3) is 0.385. The second kappa shape index (κ2) is 9.77. The van der Waals surface area contributed by atoms with E-state index in [4.69, 9.17) is 9.47 Å². The van der Waals surface area contributed by atoms with Crippen LogP contribution in [0.25, 0.3) is 5.76 Å². The molecule has 1 amide bonds. The molecule has 8 heteroatoms. The first kappa shape index (κ1) is 23.6. The third-order valence-corrected chi connectivity index (χ3v) is 6.09. The normalized spacial score (nSPS) is 19.1. The summed E-state index contributed by atoms with van der Waals surface area (Å²) in [7, 11) is 7.83. The molecule has 1 atom stereocenters. The highest BCUT2D eigenvalue weighted by Gasteiger charge is 2.45. The molecule has 2 aliphatic rings. The topological polar surface area (TPSA) is 82.6 Å². The monoisotopic (exact) mass is 465 g/mol. The number of carbonyl (C=O) groups is 2. The molecule has 34 heavy (non-hydrogen) atoms. The van der Waals surface area contributed by atoms with Gasteiger partial charge in [0.15, 0.2) is 11.5 Å². The molecule has 1 saturated heterocycles. The first-order chi connectivity index (χ1) is 16.3. The van der Waals surface area contributed by atoms with Crippen molar-refractivity contribution < 1.29 is 24.2 Å². The van der Waals surface area contributed by atoms with Gasteiger partial charge in [-0.2, -0.15) is 0 Å². The van der Waals surface area contributed by atoms with Crippen LogP contribution in [-0.2, 0) is 9.59 Å². The molecule has 0 unspecified atom stereocenters. The lowest BCUT2D eigenvalue weighted by molar-refractivity contribution is -0.139. The first-order valence-corrected chi connectivity index (χ1v) is 11.4. The van der Waals surface area contributed by atoms with Gasteiger partial charge in [0.25, 0.3) is 11.7 Å². The van der Waals surface area contributed by atoms with Gasteiger partial charge in [0.1, 0.15) is 19.0 Å². The van der Waals surface area contributed by atoms with Crippen molar-refractivity contribution in [3.05, 3.63) is 59.2 Å². The Kier molecular flexibility index (Phi) is 6.79. The Balaban J connectivity index is 1.78. The molecule has 0 bridgehead atoms. The van der Waals surface area contributed by atoms with Crippen molar-refractivity contribution in [1.29, 1.82) is 0 Å². The summed E-state index contributed by atoms with van der Waals surface area (Å²) >= 11 is 0. The summed E-state index contributed by atoms with van der Waals surface area (Å²) in [5, 5.41) is 11.3. The van der Waals surface area contributed by atoms with Crippen LogP contribution >= 0.6 is 0 Å². The molecule has 2 aromatic carbocycles. The van der Waals surface area contributed by atoms with Gasteiger partial charge in [0.2, 0.25) is 0 Å². The van der Waals surface area contributed by atoms with Crippen molar-refractivity contribution in [2.24, 2.45) is 0 Å². The zero-order valence-electron chi connectivity index (χ0n) is 20.1. The maximum Gasteiger partial charge on any atom is 0.295 e. The van der Waals surface area contributed by atoms with E-state index >= 15 is 0 Å². The van der Waals surface area contributed by atoms with Gasteiger partial charge in [0, 0.05) is 31.9 Å². The minimum absolute atomic E-state index is 0.0872. The summed E-state index contributed by atoms with van der Waals surface area (Å²) in [6.45, 7) is 2.04. The lowest BCUT2D eigenvalue weighted by atomic mass is 9.95. The van der Waals surface area contributed by atoms with Crippen molar-refractivity contribution in [2.75, 3.05) is 59.4 Å². The molecular formula is C26H31N3O5. The molecule has 0 radical (unpaired) electrons. The van der Waals surface area contributed by atoms with Crippen LogP contribution in [0.5, 0.6) is 11.5 Å². The number of hydrogen-bond acceptors (Lipinski definition) is 7. The van der Waals surface area contributed by atoms with Gasteiger partial charge < -0.3 is 29.3 Å². The summed E-state index contributed by atoms with van der Waals surface area (Å²) in [5.41, 5.74) is 2.27. The molecule has 0 saturated carbocycles. The quantitative estimate of drug-likeness (QED) is 0.383. The molecule has 4 rings (SSSR count). The summed E-state index contributed by atoms with van der Waals surface area (Å²) in [5.74, 6) is -0.407. The number of anilines is 1. The van der Waals surface area contributed by atoms with E-state index in [1.54, 1.807) is 23.1 Å². The number of likely N-dealkylation sites (tertiary alicyclic amines) is 1. The molecule has 1 N–H and O–H groups in total. The molecule has 2 heterocycles. The Bertz CT molecular complexity index is 1110. The van der Waals surface area contributed by atoms with Gasteiger partial charge >= 0.3 is 0 Å². The van der Waals surface area contributed by atoms with E-state index in [0.717, 1.165) is 17.8 Å². The van der Waals surface area contributed by atoms with Gasteiger partial charge in [0.05, 0.1) is 11.6 Å². The third-order valence-electron chi connectivity index (χ3n) is 6.09. The van der Waals surface area contributed by atoms with Crippen molar-refractivity contribution in [3.63, 3.8) is 0 Å². The predicted octanol–water partition coefficient (Wildman–Crippen LogP) is 2.90. The van der Waals surface area contributed by atoms with E-state index < -0.39 is 17.7 Å². The first-order valence-electron chi connectivity index (χ1n) is 11.4. The third kappa shape index (κ3) is 4.59. The Morgan fingerprint density at radius 2 is 1.68 bits per heavy atom. The van der Waals surface area contributed by atoms with Crippen LogP contribution in [0.4, 0.5) is 5.69 Å². The predicted molar refractivity (Wildman–Crippen MR) is 130 cm³/mol. The summed E-state index contributed by atoms with van der Waals surface area (Å²) in [4.78, 5) is 31.9. The zero-order chi connectivity index (χ0) is 24.4. The fourth-order valence-corrected chi connectivity index (χ4v) is 4.32. The number of Topliss-reactive ketones (excluding diaryl/α,β-unsaturated/α-hetero) is 1. The largest absolute Gasteiger partial charge is 0.507 e. The van der Waals surface area contributed by atoms with E-state index in [9.17, 15) is 14.7 Å². The van der Waals surface area contributed by atoms with Gasteiger partial charge in [-0.25, -0.2) is 0 Å². The minimum atomic E-state index is -0.682. The number of rotatable bonds is 7. The highest BCUT2D eigenvalue weighted by molar-refractivity contribution is 6.46. The second-order valence-corrected chi connectivity index (χ2v) is 8.99. The number of ether oxygens (including phenoxy) is 2. The maximum atomic E-state index is 13.2. The lowest BCUT2D eigenvalue weighted by Crippen LogP contribution is -2.32. The number of nitrogens with zero attached hydrogens (tertiary/aromatic N) is 3. The molecule has 2 aliphatic heterocycles. The second-order valence-electron chi connectivity index (χ2n) is 8.99. The van der Waals surface area contributed by atoms with Crippen LogP contribution in [0.2, 0.25) is 0 Å². The van der Waals surface area contributed by atoms with Crippen LogP contribution in [-0.4, -0.2) is 81.1 Å². The number of ketones is 1. The Morgan fingerprint density at radius 3 is 2.32 bits per heavy atom. The number of fused-ring (bicyclic) bond motifs is 1. The molecule has 2 aromatic rings. The Hall–Kier alpha value is -3.52. The van der Waals surface area contributed by atoms with Crippen molar-refractivity contribution >= 4 is 23.1 Å². The number of carbonyl (C=O) groups excluding carboxylic acids is 2. The fourth-order valence-electron chi connectivity index (χ4n) is 4.32. The smallest absolute Gasteiger partial charge is 0.295 e. The minimum Gasteiger partial charge on any atom is -0.507 e. The van der Waals surface area contributed by atoms with E-state index in [2.05, 4.69) is 0 Å². The van der Waals surface area contributed by atoms with E-state index in [0.29, 0.717) is 43.2 Å². The summed E-state index contributed by atoms with van der Waals surface area (Å²) < 4.78 is 11.2. The van der Waals surface area contributed by atoms with Crippen LogP contribution in [0, 0.1) is 0 Å². The molecule has 180 valence electrons. The Morgan fingerprint density at radius 1 is 1.00 bits per heavy atom. The molecule has 0 aromatic heterocycles. The van der Waals surface area contributed by atoms with E-state index in [1.807, 2.05) is 62.3 Å². The van der Waals surface area contributed by atoms with Crippen LogP contribution in [0.3, 0.4) is 0 Å². The molecule has 8 nitrogen and oxygen atoms in total. The molecule has 0 aliphatic carbocycles. The summed E-state index contributed by atoms with van der Waals surface area (Å²) in [6, 6.07) is 12.1. The van der Waals surface area contributed by atoms with Crippen LogP contribution in [0.1, 0.15) is 23.6 Å². The van der Waals surface area contributed by atoms with Crippen molar-refractivity contribution in [1.82, 2.24) is 9.80 Å². The lowest BCUT2D eigenvalue weighted by Gasteiger charge is -2.26. The van der Waals surface area contributed by atoms with Crippen molar-refractivity contribution in [2.45, 2.75) is 12.5 Å². The molecular weight excluding hydrogens is 434 g/mol. The van der Waals surface area contributed by atoms with E-state index in [-0.39, 0.29) is 11.3 Å². The highest BCUT2D eigenvalue weighted by atomic mass is 16.6. The van der Waals surface area contributed by atoms with Gasteiger partial charge in [-0.15, -0.1) is 0 Å². The number of hydrogen-bond donors (Lipinski definition) is 1. The van der Waals surface area contributed by atoms with Gasteiger partial charge in [-0.05, 0) is 63.0 Å². The SMILES string of the molecule is CN(C)CCCN1C(=O)C(=O)C(=C(O)c2ccc3c(c2)OCCO3)[C@H]1c1ccc(N(C)C)cc1. The zero-order valence-corrected chi connectivity index (χ0v) is 20.1. The molecule has 1 fully saturated rings. The maximum absolute atomic E-state index is 13.2. The number of amides is 1. The standard InChI is InChI=1S/C26H31N3O5/c1-27(2)12-5-13-29-23(17-6-9-19(10-7-17)28(3)4)22(25(31)26(29)32)24(30)18-8-11-20-21(16-18)34-15-14-33-20/h6-11,16,23,30H,5,12-15H2,1-4H3/t23-/m1/s1. The number of aliphatic hydroxyl groups excluding tert-OH is 1. The highest BCUT2D eigenvalue weighted by Crippen LogP contribution is 2.41. The van der Waals surface area contributed by atoms with Gasteiger partial charge in [-0.1, -0.05) is 12.1 Å². The Labute approximate surface area is 200 Å². The van der Waals surface area contributed by atoms with Gasteiger partial charge in [-0.3, -0.25) is 9.59 Å². The average molecular weight is 466 g/mol. The number of aliphatic hydroxyl groups is 1. The average Bonchev–Trinajstić information content (AvgIpc) is 3.08. The van der Waals surface area contributed by atoms with Crippen LogP contribution in [0.15, 0.2) is 48.0 Å². The summed E-state index contributed by atoms with van der Waals surface area (Å²) in [6.07, 6.45) is 0.705. The van der Waals surface area contributed by atoms with E-state index in [1.165, 1.54) is 0 Å². The van der Waals surface area contributed by atoms with Crippen molar-refractivity contribution in [3.8, 4) is 11.5 Å². The molecule has 0 spiro atoms. The number of benzene rings is 2.